The third kappa shape index (κ3) is 1.79. The summed E-state index contributed by atoms with van der Waals surface area (Å²) in [4.78, 5) is 4.87. The first-order valence-electron chi connectivity index (χ1n) is 7.45. The molecular formula is C19H12BrN3. The van der Waals surface area contributed by atoms with Crippen LogP contribution in [-0.4, -0.2) is 14.0 Å². The van der Waals surface area contributed by atoms with Crippen molar-refractivity contribution in [3.63, 3.8) is 0 Å². The van der Waals surface area contributed by atoms with Crippen LogP contribution in [0.5, 0.6) is 0 Å². The molecule has 0 aliphatic heterocycles. The first kappa shape index (κ1) is 12.9. The Morgan fingerprint density at radius 2 is 1.48 bits per heavy atom. The summed E-state index contributed by atoms with van der Waals surface area (Å²) in [5.41, 5.74) is 5.54. The quantitative estimate of drug-likeness (QED) is 0.402. The van der Waals surface area contributed by atoms with E-state index in [0.717, 1.165) is 38.0 Å². The topological polar surface area (TPSA) is 22.2 Å². The molecule has 5 rings (SSSR count). The van der Waals surface area contributed by atoms with Crippen LogP contribution in [0.3, 0.4) is 0 Å². The number of imidazole rings is 2. The van der Waals surface area contributed by atoms with Gasteiger partial charge in [0.05, 0.1) is 22.1 Å². The first-order valence-corrected chi connectivity index (χ1v) is 8.25. The Bertz CT molecular complexity index is 1170. The van der Waals surface area contributed by atoms with Crippen LogP contribution in [0.15, 0.2) is 77.3 Å². The summed E-state index contributed by atoms with van der Waals surface area (Å²) in [7, 11) is 0. The molecule has 0 fully saturated rings. The zero-order valence-corrected chi connectivity index (χ0v) is 13.7. The van der Waals surface area contributed by atoms with Gasteiger partial charge >= 0.3 is 0 Å². The summed E-state index contributed by atoms with van der Waals surface area (Å²) in [6.45, 7) is 0. The molecule has 3 nitrogen and oxygen atoms in total. The lowest BCUT2D eigenvalue weighted by atomic mass is 10.2. The Morgan fingerprint density at radius 3 is 2.30 bits per heavy atom. The Hall–Kier alpha value is -2.59. The van der Waals surface area contributed by atoms with E-state index < -0.39 is 0 Å². The Kier molecular flexibility index (Phi) is 2.64. The molecule has 0 atom stereocenters. The SMILES string of the molecule is Brc1ccc2nc3n(-c4ccccc4)c4ccccc4n3c2c1. The summed E-state index contributed by atoms with van der Waals surface area (Å²) in [5.74, 6) is 0.936. The summed E-state index contributed by atoms with van der Waals surface area (Å²) >= 11 is 3.57. The molecule has 5 aromatic rings. The van der Waals surface area contributed by atoms with E-state index >= 15 is 0 Å². The molecule has 4 heteroatoms. The van der Waals surface area contributed by atoms with Crippen LogP contribution >= 0.6 is 15.9 Å². The van der Waals surface area contributed by atoms with Gasteiger partial charge in [0.2, 0.25) is 5.78 Å². The molecule has 0 aliphatic rings. The number of hydrogen-bond acceptors (Lipinski definition) is 1. The summed E-state index contributed by atoms with van der Waals surface area (Å²) < 4.78 is 5.49. The van der Waals surface area contributed by atoms with Gasteiger partial charge in [-0.3, -0.25) is 8.97 Å². The van der Waals surface area contributed by atoms with Crippen LogP contribution < -0.4 is 0 Å². The van der Waals surface area contributed by atoms with Gasteiger partial charge in [0.1, 0.15) is 0 Å². The second-order valence-electron chi connectivity index (χ2n) is 5.54. The van der Waals surface area contributed by atoms with Crippen molar-refractivity contribution >= 4 is 43.8 Å². The van der Waals surface area contributed by atoms with Gasteiger partial charge in [0, 0.05) is 10.2 Å². The average molecular weight is 362 g/mol. The van der Waals surface area contributed by atoms with Crippen molar-refractivity contribution in [1.82, 2.24) is 14.0 Å². The fourth-order valence-corrected chi connectivity index (χ4v) is 3.55. The lowest BCUT2D eigenvalue weighted by Crippen LogP contribution is -1.94. The van der Waals surface area contributed by atoms with Crippen molar-refractivity contribution in [1.29, 1.82) is 0 Å². The zero-order valence-electron chi connectivity index (χ0n) is 12.1. The maximum atomic E-state index is 4.87. The maximum absolute atomic E-state index is 4.87. The third-order valence-corrected chi connectivity index (χ3v) is 4.67. The van der Waals surface area contributed by atoms with E-state index in [0.29, 0.717) is 0 Å². The van der Waals surface area contributed by atoms with Crippen molar-refractivity contribution < 1.29 is 0 Å². The average Bonchev–Trinajstić information content (AvgIpc) is 3.10. The van der Waals surface area contributed by atoms with E-state index in [2.05, 4.69) is 85.6 Å². The van der Waals surface area contributed by atoms with E-state index in [1.165, 1.54) is 0 Å². The van der Waals surface area contributed by atoms with Gasteiger partial charge in [0.15, 0.2) is 0 Å². The number of para-hydroxylation sites is 3. The van der Waals surface area contributed by atoms with Crippen molar-refractivity contribution in [2.75, 3.05) is 0 Å². The first-order chi connectivity index (χ1) is 11.3. The number of hydrogen-bond donors (Lipinski definition) is 0. The standard InChI is InChI=1S/C19H12BrN3/c20-13-10-11-15-18(12-13)23-17-9-5-4-8-16(17)22(19(23)21-15)14-6-2-1-3-7-14/h1-12H. The molecule has 110 valence electrons. The Labute approximate surface area is 140 Å². The highest BCUT2D eigenvalue weighted by Crippen LogP contribution is 2.30. The zero-order chi connectivity index (χ0) is 15.4. The van der Waals surface area contributed by atoms with E-state index in [1.807, 2.05) is 12.1 Å². The van der Waals surface area contributed by atoms with Crippen LogP contribution in [-0.2, 0) is 0 Å². The van der Waals surface area contributed by atoms with Crippen LogP contribution in [0, 0.1) is 0 Å². The van der Waals surface area contributed by atoms with Gasteiger partial charge in [-0.1, -0.05) is 46.3 Å². The number of halogens is 1. The fourth-order valence-electron chi connectivity index (χ4n) is 3.20. The van der Waals surface area contributed by atoms with Gasteiger partial charge in [-0.15, -0.1) is 0 Å². The second kappa shape index (κ2) is 4.70. The van der Waals surface area contributed by atoms with Gasteiger partial charge in [-0.25, -0.2) is 4.98 Å². The second-order valence-corrected chi connectivity index (χ2v) is 6.46. The van der Waals surface area contributed by atoms with Crippen molar-refractivity contribution in [3.05, 3.63) is 77.3 Å². The number of fused-ring (bicyclic) bond motifs is 5. The molecule has 0 N–H and O–H groups in total. The number of rotatable bonds is 1. The van der Waals surface area contributed by atoms with Crippen LogP contribution in [0.4, 0.5) is 0 Å². The van der Waals surface area contributed by atoms with E-state index in [-0.39, 0.29) is 0 Å². The molecule has 0 amide bonds. The smallest absolute Gasteiger partial charge is 0.220 e. The van der Waals surface area contributed by atoms with Gasteiger partial charge < -0.3 is 0 Å². The summed E-state index contributed by atoms with van der Waals surface area (Å²) in [6.07, 6.45) is 0. The fraction of sp³-hybridized carbons (Fsp3) is 0. The molecule has 0 aliphatic carbocycles. The molecule has 0 radical (unpaired) electrons. The number of nitrogens with zero attached hydrogens (tertiary/aromatic N) is 3. The molecule has 0 spiro atoms. The minimum atomic E-state index is 0.936. The molecule has 0 bridgehead atoms. The highest BCUT2D eigenvalue weighted by Gasteiger charge is 2.16. The molecule has 0 saturated carbocycles. The Balaban J connectivity index is 2.05. The predicted octanol–water partition coefficient (Wildman–Crippen LogP) is 5.19. The summed E-state index contributed by atoms with van der Waals surface area (Å²) in [6, 6.07) is 25.0. The largest absolute Gasteiger partial charge is 0.278 e. The van der Waals surface area contributed by atoms with E-state index in [4.69, 9.17) is 4.98 Å². The molecule has 2 aromatic heterocycles. The third-order valence-electron chi connectivity index (χ3n) is 4.18. The van der Waals surface area contributed by atoms with Crippen molar-refractivity contribution in [2.45, 2.75) is 0 Å². The minimum Gasteiger partial charge on any atom is -0.278 e. The molecule has 0 unspecified atom stereocenters. The highest BCUT2D eigenvalue weighted by molar-refractivity contribution is 9.10. The molecule has 3 aromatic carbocycles. The molecule has 0 saturated heterocycles. The molecular weight excluding hydrogens is 350 g/mol. The molecule has 23 heavy (non-hydrogen) atoms. The number of aromatic nitrogens is 3. The normalized spacial score (nSPS) is 11.7. The number of benzene rings is 3. The Morgan fingerprint density at radius 1 is 0.739 bits per heavy atom. The summed E-state index contributed by atoms with van der Waals surface area (Å²) in [5, 5.41) is 0. The van der Waals surface area contributed by atoms with Gasteiger partial charge in [-0.05, 0) is 42.5 Å². The van der Waals surface area contributed by atoms with Crippen LogP contribution in [0.1, 0.15) is 0 Å². The van der Waals surface area contributed by atoms with E-state index in [9.17, 15) is 0 Å². The van der Waals surface area contributed by atoms with Crippen LogP contribution in [0.25, 0.3) is 33.5 Å². The lowest BCUT2D eigenvalue weighted by molar-refractivity contribution is 1.11. The van der Waals surface area contributed by atoms with Crippen molar-refractivity contribution in [3.8, 4) is 5.69 Å². The van der Waals surface area contributed by atoms with Gasteiger partial charge in [-0.2, -0.15) is 0 Å². The maximum Gasteiger partial charge on any atom is 0.220 e. The minimum absolute atomic E-state index is 0.936. The van der Waals surface area contributed by atoms with Crippen molar-refractivity contribution in [2.24, 2.45) is 0 Å². The lowest BCUT2D eigenvalue weighted by Gasteiger charge is -2.04. The monoisotopic (exact) mass is 361 g/mol. The van der Waals surface area contributed by atoms with E-state index in [1.54, 1.807) is 0 Å². The van der Waals surface area contributed by atoms with Crippen LogP contribution in [0.2, 0.25) is 0 Å². The van der Waals surface area contributed by atoms with Gasteiger partial charge in [0.25, 0.3) is 0 Å². The molecule has 2 heterocycles. The highest BCUT2D eigenvalue weighted by atomic mass is 79.9. The predicted molar refractivity (Wildman–Crippen MR) is 97.2 cm³/mol.